The molecule has 6 nitrogen and oxygen atoms in total. The van der Waals surface area contributed by atoms with Crippen LogP contribution in [0, 0.1) is 0 Å². The van der Waals surface area contributed by atoms with Gasteiger partial charge in [0.25, 0.3) is 0 Å². The fourth-order valence-corrected chi connectivity index (χ4v) is 4.54. The third kappa shape index (κ3) is 3.80. The Hall–Kier alpha value is -3.80. The largest absolute Gasteiger partial charge is 0.489 e. The van der Waals surface area contributed by atoms with Crippen LogP contribution in [0.15, 0.2) is 72.8 Å². The molecule has 1 aliphatic heterocycles. The summed E-state index contributed by atoms with van der Waals surface area (Å²) in [5.74, 6) is -0.345. The Morgan fingerprint density at radius 3 is 2.16 bits per heavy atom. The molecule has 0 spiro atoms. The van der Waals surface area contributed by atoms with Crippen molar-refractivity contribution in [1.82, 2.24) is 4.90 Å². The first-order valence-corrected chi connectivity index (χ1v) is 10.7. The van der Waals surface area contributed by atoms with Crippen molar-refractivity contribution in [1.29, 1.82) is 0 Å². The quantitative estimate of drug-likeness (QED) is 0.631. The average Bonchev–Trinajstić information content (AvgIpc) is 3.41. The molecule has 0 bridgehead atoms. The van der Waals surface area contributed by atoms with Crippen LogP contribution in [0.1, 0.15) is 33.8 Å². The van der Waals surface area contributed by atoms with E-state index in [0.29, 0.717) is 31.9 Å². The number of carboxylic acid groups (broad SMARTS) is 1. The maximum atomic E-state index is 12.7. The van der Waals surface area contributed by atoms with Crippen LogP contribution in [-0.2, 0) is 4.74 Å². The first-order valence-electron chi connectivity index (χ1n) is 10.7. The maximum absolute atomic E-state index is 12.7. The molecule has 0 radical (unpaired) electrons. The highest BCUT2D eigenvalue weighted by Crippen LogP contribution is 2.44. The standard InChI is InChI=1S/C26H23NO5/c28-25(29)17-9-11-18(12-10-17)32-19-13-14-27(15-19)26(30)31-16-24-22-7-3-1-5-20(22)21-6-2-4-8-23(21)24/h1-12,19,24H,13-16H2,(H,28,29). The maximum Gasteiger partial charge on any atom is 0.409 e. The first-order chi connectivity index (χ1) is 15.6. The van der Waals surface area contributed by atoms with Gasteiger partial charge < -0.3 is 19.5 Å². The number of rotatable bonds is 5. The summed E-state index contributed by atoms with van der Waals surface area (Å²) in [7, 11) is 0. The van der Waals surface area contributed by atoms with E-state index in [1.54, 1.807) is 17.0 Å². The van der Waals surface area contributed by atoms with E-state index in [1.165, 1.54) is 34.4 Å². The number of carboxylic acids is 1. The van der Waals surface area contributed by atoms with E-state index < -0.39 is 5.97 Å². The molecule has 1 fully saturated rings. The van der Waals surface area contributed by atoms with Gasteiger partial charge in [-0.15, -0.1) is 0 Å². The predicted octanol–water partition coefficient (Wildman–Crippen LogP) is 4.79. The Kier molecular flexibility index (Phi) is 5.27. The van der Waals surface area contributed by atoms with E-state index >= 15 is 0 Å². The molecule has 1 heterocycles. The van der Waals surface area contributed by atoms with Gasteiger partial charge in [0, 0.05) is 18.9 Å². The second-order valence-electron chi connectivity index (χ2n) is 8.11. The van der Waals surface area contributed by atoms with Gasteiger partial charge in [-0.1, -0.05) is 48.5 Å². The fourth-order valence-electron chi connectivity index (χ4n) is 4.54. The third-order valence-electron chi connectivity index (χ3n) is 6.14. The van der Waals surface area contributed by atoms with Crippen molar-refractivity contribution in [2.24, 2.45) is 0 Å². The van der Waals surface area contributed by atoms with Gasteiger partial charge in [-0.25, -0.2) is 9.59 Å². The highest BCUT2D eigenvalue weighted by molar-refractivity contribution is 5.87. The van der Waals surface area contributed by atoms with E-state index in [4.69, 9.17) is 14.6 Å². The molecular weight excluding hydrogens is 406 g/mol. The minimum atomic E-state index is -0.973. The van der Waals surface area contributed by atoms with Crippen LogP contribution in [0.2, 0.25) is 0 Å². The molecule has 6 heteroatoms. The lowest BCUT2D eigenvalue weighted by atomic mass is 9.98. The highest BCUT2D eigenvalue weighted by atomic mass is 16.6. The van der Waals surface area contributed by atoms with Gasteiger partial charge >= 0.3 is 12.1 Å². The van der Waals surface area contributed by atoms with Gasteiger partial charge in [0.05, 0.1) is 12.1 Å². The molecule has 2 aliphatic rings. The summed E-state index contributed by atoms with van der Waals surface area (Å²) in [5, 5.41) is 8.99. The number of aromatic carboxylic acids is 1. The highest BCUT2D eigenvalue weighted by Gasteiger charge is 2.32. The van der Waals surface area contributed by atoms with Crippen LogP contribution in [0.3, 0.4) is 0 Å². The second-order valence-corrected chi connectivity index (χ2v) is 8.11. The summed E-state index contributed by atoms with van der Waals surface area (Å²) in [6.07, 6.45) is 0.218. The molecule has 1 unspecified atom stereocenters. The van der Waals surface area contributed by atoms with Gasteiger partial charge in [-0.05, 0) is 46.5 Å². The normalized spacial score (nSPS) is 17.0. The predicted molar refractivity (Wildman–Crippen MR) is 119 cm³/mol. The van der Waals surface area contributed by atoms with Crippen LogP contribution in [0.5, 0.6) is 5.75 Å². The number of likely N-dealkylation sites (tertiary alicyclic amines) is 1. The Morgan fingerprint density at radius 2 is 1.53 bits per heavy atom. The zero-order chi connectivity index (χ0) is 22.1. The fraction of sp³-hybridized carbons (Fsp3) is 0.231. The smallest absolute Gasteiger partial charge is 0.409 e. The van der Waals surface area contributed by atoms with E-state index in [2.05, 4.69) is 24.3 Å². The van der Waals surface area contributed by atoms with E-state index in [-0.39, 0.29) is 23.7 Å². The lowest BCUT2D eigenvalue weighted by Gasteiger charge is -2.19. The van der Waals surface area contributed by atoms with Gasteiger partial charge in [-0.2, -0.15) is 0 Å². The molecule has 0 aromatic heterocycles. The molecule has 1 N–H and O–H groups in total. The molecule has 1 amide bonds. The SMILES string of the molecule is O=C(O)c1ccc(OC2CCN(C(=O)OCC3c4ccccc4-c4ccccc43)C2)cc1. The molecule has 3 aromatic rings. The summed E-state index contributed by atoms with van der Waals surface area (Å²) in [6.45, 7) is 1.30. The molecule has 5 rings (SSSR count). The minimum absolute atomic E-state index is 0.0359. The first kappa shape index (κ1) is 20.1. The molecule has 3 aromatic carbocycles. The summed E-state index contributed by atoms with van der Waals surface area (Å²) in [4.78, 5) is 25.4. The number of carbonyl (C=O) groups excluding carboxylic acids is 1. The second kappa shape index (κ2) is 8.38. The van der Waals surface area contributed by atoms with Crippen molar-refractivity contribution < 1.29 is 24.2 Å². The number of nitrogens with zero attached hydrogens (tertiary/aromatic N) is 1. The van der Waals surface area contributed by atoms with Crippen molar-refractivity contribution in [3.05, 3.63) is 89.5 Å². The van der Waals surface area contributed by atoms with E-state index in [9.17, 15) is 9.59 Å². The van der Waals surface area contributed by atoms with Crippen LogP contribution in [-0.4, -0.2) is 47.9 Å². The number of fused-ring (bicyclic) bond motifs is 3. The van der Waals surface area contributed by atoms with Crippen molar-refractivity contribution in [3.8, 4) is 16.9 Å². The average molecular weight is 429 g/mol. The van der Waals surface area contributed by atoms with Crippen molar-refractivity contribution in [2.75, 3.05) is 19.7 Å². The van der Waals surface area contributed by atoms with Crippen LogP contribution in [0.4, 0.5) is 4.79 Å². The number of hydrogen-bond acceptors (Lipinski definition) is 4. The van der Waals surface area contributed by atoms with Crippen molar-refractivity contribution in [3.63, 3.8) is 0 Å². The van der Waals surface area contributed by atoms with Crippen LogP contribution < -0.4 is 4.74 Å². The summed E-state index contributed by atoms with van der Waals surface area (Å²) < 4.78 is 11.6. The number of carbonyl (C=O) groups is 2. The number of hydrogen-bond donors (Lipinski definition) is 1. The van der Waals surface area contributed by atoms with Gasteiger partial charge in [0.2, 0.25) is 0 Å². The topological polar surface area (TPSA) is 76.1 Å². The lowest BCUT2D eigenvalue weighted by Crippen LogP contribution is -2.32. The molecule has 0 saturated carbocycles. The van der Waals surface area contributed by atoms with Gasteiger partial charge in [0.1, 0.15) is 18.5 Å². The Balaban J connectivity index is 1.19. The molecule has 162 valence electrons. The van der Waals surface area contributed by atoms with Crippen molar-refractivity contribution >= 4 is 12.1 Å². The summed E-state index contributed by atoms with van der Waals surface area (Å²) in [5.41, 5.74) is 4.99. The third-order valence-corrected chi connectivity index (χ3v) is 6.14. The Bertz CT molecular complexity index is 1110. The monoisotopic (exact) mass is 429 g/mol. The van der Waals surface area contributed by atoms with Gasteiger partial charge in [-0.3, -0.25) is 0 Å². The zero-order valence-corrected chi connectivity index (χ0v) is 17.4. The number of benzene rings is 3. The van der Waals surface area contributed by atoms with Crippen LogP contribution in [0.25, 0.3) is 11.1 Å². The molecule has 1 saturated heterocycles. The summed E-state index contributed by atoms with van der Waals surface area (Å²) in [6, 6.07) is 22.8. The Morgan fingerprint density at radius 1 is 0.906 bits per heavy atom. The summed E-state index contributed by atoms with van der Waals surface area (Å²) >= 11 is 0. The number of ether oxygens (including phenoxy) is 2. The minimum Gasteiger partial charge on any atom is -0.489 e. The molecular formula is C26H23NO5. The van der Waals surface area contributed by atoms with Crippen LogP contribution >= 0.6 is 0 Å². The van der Waals surface area contributed by atoms with E-state index in [0.717, 1.165) is 0 Å². The zero-order valence-electron chi connectivity index (χ0n) is 17.4. The molecule has 32 heavy (non-hydrogen) atoms. The molecule has 1 atom stereocenters. The van der Waals surface area contributed by atoms with Crippen molar-refractivity contribution in [2.45, 2.75) is 18.4 Å². The van der Waals surface area contributed by atoms with Gasteiger partial charge in [0.15, 0.2) is 0 Å². The molecule has 1 aliphatic carbocycles. The number of amides is 1. The Labute approximate surface area is 186 Å². The van der Waals surface area contributed by atoms with E-state index in [1.807, 2.05) is 24.3 Å². The lowest BCUT2D eigenvalue weighted by molar-refractivity contribution is 0.0696.